The third kappa shape index (κ3) is 4.89. The normalized spacial score (nSPS) is 21.2. The van der Waals surface area contributed by atoms with Crippen molar-refractivity contribution in [1.82, 2.24) is 0 Å². The number of hydrogen-bond acceptors (Lipinski definition) is 4. The number of nitrogens with one attached hydrogen (secondary N) is 2. The summed E-state index contributed by atoms with van der Waals surface area (Å²) in [4.78, 5) is 37.4. The molecule has 1 fully saturated rings. The van der Waals surface area contributed by atoms with Crippen molar-refractivity contribution in [3.05, 3.63) is 29.8 Å². The number of para-hydroxylation sites is 1. The van der Waals surface area contributed by atoms with Crippen molar-refractivity contribution in [1.29, 1.82) is 0 Å². The molecule has 6 nitrogen and oxygen atoms in total. The molecule has 1 amide bonds. The van der Waals surface area contributed by atoms with Gasteiger partial charge in [-0.05, 0) is 45.7 Å². The maximum absolute atomic E-state index is 12.6. The molecule has 0 saturated carbocycles. The Kier molecular flexibility index (Phi) is 6.70. The van der Waals surface area contributed by atoms with Gasteiger partial charge in [-0.25, -0.2) is 0 Å². The Morgan fingerprint density at radius 1 is 1.32 bits per heavy atom. The smallest absolute Gasteiger partial charge is 0.314 e. The van der Waals surface area contributed by atoms with Gasteiger partial charge in [-0.1, -0.05) is 12.1 Å². The first-order valence-corrected chi connectivity index (χ1v) is 8.86. The molecule has 1 heterocycles. The van der Waals surface area contributed by atoms with E-state index in [2.05, 4.69) is 5.32 Å². The first kappa shape index (κ1) is 19.1. The summed E-state index contributed by atoms with van der Waals surface area (Å²) in [6.45, 7) is 6.96. The van der Waals surface area contributed by atoms with Crippen LogP contribution in [0.15, 0.2) is 24.3 Å². The Morgan fingerprint density at radius 2 is 2.04 bits per heavy atom. The molecular formula is C19H27N2O4+. The van der Waals surface area contributed by atoms with Gasteiger partial charge in [0.1, 0.15) is 5.92 Å². The third-order valence-electron chi connectivity index (χ3n) is 4.75. The topological polar surface area (TPSA) is 76.9 Å². The fourth-order valence-electron chi connectivity index (χ4n) is 3.28. The van der Waals surface area contributed by atoms with Crippen LogP contribution in [-0.2, 0) is 14.3 Å². The molecule has 136 valence electrons. The molecule has 6 heteroatoms. The fourth-order valence-corrected chi connectivity index (χ4v) is 3.28. The van der Waals surface area contributed by atoms with E-state index < -0.39 is 0 Å². The summed E-state index contributed by atoms with van der Waals surface area (Å²) < 4.78 is 5.12. The lowest BCUT2D eigenvalue weighted by molar-refractivity contribution is -0.921. The van der Waals surface area contributed by atoms with Gasteiger partial charge in [-0.3, -0.25) is 14.4 Å². The van der Waals surface area contributed by atoms with E-state index in [4.69, 9.17) is 4.74 Å². The molecule has 1 unspecified atom stereocenters. The van der Waals surface area contributed by atoms with Gasteiger partial charge in [-0.2, -0.15) is 0 Å². The van der Waals surface area contributed by atoms with Gasteiger partial charge in [-0.15, -0.1) is 0 Å². The number of benzene rings is 1. The molecule has 0 spiro atoms. The number of likely N-dealkylation sites (tertiary alicyclic amines) is 1. The van der Waals surface area contributed by atoms with Crippen LogP contribution in [0.2, 0.25) is 0 Å². The molecule has 3 atom stereocenters. The van der Waals surface area contributed by atoms with E-state index >= 15 is 0 Å². The zero-order chi connectivity index (χ0) is 18.4. The van der Waals surface area contributed by atoms with Crippen molar-refractivity contribution in [2.75, 3.05) is 25.0 Å². The molecule has 0 radical (unpaired) electrons. The molecular weight excluding hydrogens is 320 g/mol. The molecule has 25 heavy (non-hydrogen) atoms. The quantitative estimate of drug-likeness (QED) is 0.596. The summed E-state index contributed by atoms with van der Waals surface area (Å²) in [5.41, 5.74) is 1.03. The molecule has 0 aliphatic carbocycles. The van der Waals surface area contributed by atoms with E-state index in [1.165, 1.54) is 6.92 Å². The highest BCUT2D eigenvalue weighted by Crippen LogP contribution is 2.16. The molecule has 2 N–H and O–H groups in total. The van der Waals surface area contributed by atoms with Crippen LogP contribution in [-0.4, -0.2) is 43.4 Å². The van der Waals surface area contributed by atoms with Crippen LogP contribution in [0.4, 0.5) is 5.69 Å². The largest absolute Gasteiger partial charge is 0.466 e. The average Bonchev–Trinajstić information content (AvgIpc) is 2.61. The van der Waals surface area contributed by atoms with Crippen LogP contribution in [0.3, 0.4) is 0 Å². The van der Waals surface area contributed by atoms with Crippen LogP contribution in [0.25, 0.3) is 0 Å². The third-order valence-corrected chi connectivity index (χ3v) is 4.75. The Bertz CT molecular complexity index is 644. The zero-order valence-corrected chi connectivity index (χ0v) is 15.1. The fraction of sp³-hybridized carbons (Fsp3) is 0.526. The number of esters is 1. The van der Waals surface area contributed by atoms with Crippen molar-refractivity contribution in [2.24, 2.45) is 5.92 Å². The average molecular weight is 347 g/mol. The predicted molar refractivity (Wildman–Crippen MR) is 94.6 cm³/mol. The standard InChI is InChI=1S/C19H26N2O4/c1-4-25-19(24)15-8-7-11-21(12-15)13(2)18(23)20-17-10-6-5-9-16(17)14(3)22/h5-6,9-10,13,15H,4,7-8,11-12H2,1-3H3,(H,20,23)/p+1/t13-,15-/m0/s1. The highest BCUT2D eigenvalue weighted by Gasteiger charge is 2.35. The van der Waals surface area contributed by atoms with Gasteiger partial charge in [0.15, 0.2) is 11.8 Å². The van der Waals surface area contributed by atoms with E-state index in [-0.39, 0.29) is 29.6 Å². The first-order valence-electron chi connectivity index (χ1n) is 8.86. The van der Waals surface area contributed by atoms with Gasteiger partial charge in [0.25, 0.3) is 5.91 Å². The van der Waals surface area contributed by atoms with Gasteiger partial charge < -0.3 is 15.0 Å². The van der Waals surface area contributed by atoms with Crippen molar-refractivity contribution >= 4 is 23.3 Å². The molecule has 0 bridgehead atoms. The van der Waals surface area contributed by atoms with Gasteiger partial charge >= 0.3 is 5.97 Å². The molecule has 1 aromatic carbocycles. The summed E-state index contributed by atoms with van der Waals surface area (Å²) in [6, 6.07) is 6.69. The Morgan fingerprint density at radius 3 is 2.72 bits per heavy atom. The second-order valence-electron chi connectivity index (χ2n) is 6.52. The molecule has 1 saturated heterocycles. The monoisotopic (exact) mass is 347 g/mol. The highest BCUT2D eigenvalue weighted by molar-refractivity contribution is 6.04. The predicted octanol–water partition coefficient (Wildman–Crippen LogP) is 1.07. The highest BCUT2D eigenvalue weighted by atomic mass is 16.5. The number of carbonyl (C=O) groups excluding carboxylic acids is 3. The van der Waals surface area contributed by atoms with Crippen molar-refractivity contribution < 1.29 is 24.0 Å². The number of amides is 1. The Labute approximate surface area is 148 Å². The maximum atomic E-state index is 12.6. The van der Waals surface area contributed by atoms with Crippen LogP contribution in [0.5, 0.6) is 0 Å². The molecule has 0 aromatic heterocycles. The number of anilines is 1. The minimum Gasteiger partial charge on any atom is -0.466 e. The molecule has 1 aliphatic rings. The van der Waals surface area contributed by atoms with Gasteiger partial charge in [0, 0.05) is 5.56 Å². The zero-order valence-electron chi connectivity index (χ0n) is 15.1. The molecule has 2 rings (SSSR count). The number of Topliss-reactive ketones (excluding diaryl/α,β-unsaturated/α-hetero) is 1. The second kappa shape index (κ2) is 8.76. The lowest BCUT2D eigenvalue weighted by Crippen LogP contribution is -3.18. The van der Waals surface area contributed by atoms with Gasteiger partial charge in [0.05, 0.1) is 25.4 Å². The summed E-state index contributed by atoms with van der Waals surface area (Å²) in [7, 11) is 0. The lowest BCUT2D eigenvalue weighted by atomic mass is 9.97. The van der Waals surface area contributed by atoms with Crippen LogP contribution < -0.4 is 10.2 Å². The Hall–Kier alpha value is -2.21. The number of quaternary nitrogens is 1. The van der Waals surface area contributed by atoms with E-state index in [0.717, 1.165) is 24.3 Å². The SMILES string of the molecule is CCOC(=O)[C@H]1CCC[NH+]([C@@H](C)C(=O)Nc2ccccc2C(C)=O)C1. The molecule has 1 aliphatic heterocycles. The number of piperidine rings is 1. The summed E-state index contributed by atoms with van der Waals surface area (Å²) >= 11 is 0. The number of rotatable bonds is 6. The number of hydrogen-bond donors (Lipinski definition) is 2. The minimum atomic E-state index is -0.308. The van der Waals surface area contributed by atoms with E-state index in [9.17, 15) is 14.4 Å². The van der Waals surface area contributed by atoms with Crippen molar-refractivity contribution in [3.8, 4) is 0 Å². The van der Waals surface area contributed by atoms with Crippen molar-refractivity contribution in [2.45, 2.75) is 39.7 Å². The summed E-state index contributed by atoms with van der Waals surface area (Å²) in [5, 5.41) is 2.86. The van der Waals surface area contributed by atoms with E-state index in [0.29, 0.717) is 24.4 Å². The summed E-state index contributed by atoms with van der Waals surface area (Å²) in [6.07, 6.45) is 1.70. The first-order chi connectivity index (χ1) is 11.9. The maximum Gasteiger partial charge on any atom is 0.314 e. The van der Waals surface area contributed by atoms with Crippen LogP contribution in [0.1, 0.15) is 44.0 Å². The Balaban J connectivity index is 2.02. The summed E-state index contributed by atoms with van der Waals surface area (Å²) in [5.74, 6) is -0.554. The van der Waals surface area contributed by atoms with Gasteiger partial charge in [0.2, 0.25) is 0 Å². The number of ether oxygens (including phenoxy) is 1. The second-order valence-corrected chi connectivity index (χ2v) is 6.52. The van der Waals surface area contributed by atoms with E-state index in [1.54, 1.807) is 31.2 Å². The minimum absolute atomic E-state index is 0.0868. The van der Waals surface area contributed by atoms with Crippen LogP contribution in [0, 0.1) is 5.92 Å². The van der Waals surface area contributed by atoms with Crippen molar-refractivity contribution in [3.63, 3.8) is 0 Å². The number of carbonyl (C=O) groups is 3. The van der Waals surface area contributed by atoms with Crippen LogP contribution >= 0.6 is 0 Å². The number of ketones is 1. The molecule has 1 aromatic rings. The van der Waals surface area contributed by atoms with E-state index in [1.807, 2.05) is 6.92 Å². The lowest BCUT2D eigenvalue weighted by Gasteiger charge is -2.32.